The van der Waals surface area contributed by atoms with Gasteiger partial charge in [-0.15, -0.1) is 6.42 Å². The van der Waals surface area contributed by atoms with Crippen LogP contribution in [-0.2, 0) is 4.74 Å². The van der Waals surface area contributed by atoms with Crippen molar-refractivity contribution in [2.45, 2.75) is 44.9 Å². The molecule has 0 aromatic heterocycles. The molecule has 0 saturated carbocycles. The van der Waals surface area contributed by atoms with Gasteiger partial charge in [0.1, 0.15) is 0 Å². The zero-order chi connectivity index (χ0) is 12.0. The summed E-state index contributed by atoms with van der Waals surface area (Å²) >= 11 is 0. The van der Waals surface area contributed by atoms with Crippen molar-refractivity contribution in [3.8, 4) is 12.3 Å². The molecule has 0 spiro atoms. The number of ether oxygens (including phenoxy) is 1. The van der Waals surface area contributed by atoms with Gasteiger partial charge in [0, 0.05) is 19.1 Å². The van der Waals surface area contributed by atoms with E-state index in [2.05, 4.69) is 30.0 Å². The fraction of sp³-hybridized carbons (Fsp3) is 0.846. The molecule has 1 aliphatic heterocycles. The number of rotatable bonds is 6. The summed E-state index contributed by atoms with van der Waals surface area (Å²) in [5, 5.41) is 3.42. The van der Waals surface area contributed by atoms with Crippen LogP contribution in [0.5, 0.6) is 0 Å². The number of hydrogen-bond donors (Lipinski definition) is 1. The minimum Gasteiger partial charge on any atom is -0.372 e. The minimum atomic E-state index is 0.359. The van der Waals surface area contributed by atoms with E-state index in [1.54, 1.807) is 0 Å². The van der Waals surface area contributed by atoms with Gasteiger partial charge in [-0.1, -0.05) is 19.8 Å². The quantitative estimate of drug-likeness (QED) is 0.684. The normalized spacial score (nSPS) is 25.2. The lowest BCUT2D eigenvalue weighted by Crippen LogP contribution is -2.34. The van der Waals surface area contributed by atoms with Gasteiger partial charge in [-0.05, 0) is 19.9 Å². The van der Waals surface area contributed by atoms with Crippen molar-refractivity contribution in [2.75, 3.05) is 26.7 Å². The predicted octanol–water partition coefficient (Wildman–Crippen LogP) is 1.10. The first kappa shape index (κ1) is 13.5. The molecule has 1 aliphatic rings. The van der Waals surface area contributed by atoms with Crippen molar-refractivity contribution in [1.82, 2.24) is 10.2 Å². The van der Waals surface area contributed by atoms with Crippen LogP contribution in [0.25, 0.3) is 0 Å². The van der Waals surface area contributed by atoms with Crippen LogP contribution < -0.4 is 5.32 Å². The molecule has 0 radical (unpaired) electrons. The fourth-order valence-electron chi connectivity index (χ4n) is 2.00. The Kier molecular flexibility index (Phi) is 5.83. The summed E-state index contributed by atoms with van der Waals surface area (Å²) in [6, 6.07) is 0.534. The average molecular weight is 224 g/mol. The first-order chi connectivity index (χ1) is 7.61. The summed E-state index contributed by atoms with van der Waals surface area (Å²) in [6.07, 6.45) is 8.32. The molecular formula is C13H24N2O. The Hall–Kier alpha value is -0.560. The Morgan fingerprint density at radius 1 is 1.44 bits per heavy atom. The lowest BCUT2D eigenvalue weighted by atomic mass is 10.2. The molecule has 92 valence electrons. The third-order valence-electron chi connectivity index (χ3n) is 2.83. The second-order valence-electron chi connectivity index (χ2n) is 4.92. The van der Waals surface area contributed by atoms with Crippen molar-refractivity contribution in [2.24, 2.45) is 0 Å². The number of nitrogens with one attached hydrogen (secondary N) is 1. The van der Waals surface area contributed by atoms with Crippen LogP contribution in [0.4, 0.5) is 0 Å². The molecule has 1 fully saturated rings. The lowest BCUT2D eigenvalue weighted by molar-refractivity contribution is 0.0291. The second kappa shape index (κ2) is 6.90. The van der Waals surface area contributed by atoms with Crippen molar-refractivity contribution in [1.29, 1.82) is 0 Å². The molecule has 0 amide bonds. The largest absolute Gasteiger partial charge is 0.372 e. The van der Waals surface area contributed by atoms with Crippen molar-refractivity contribution >= 4 is 0 Å². The van der Waals surface area contributed by atoms with Crippen LogP contribution in [0.3, 0.4) is 0 Å². The molecule has 0 aliphatic carbocycles. The number of likely N-dealkylation sites (N-methyl/N-ethyl adjacent to an activating group) is 1. The van der Waals surface area contributed by atoms with E-state index >= 15 is 0 Å². The third-order valence-corrected chi connectivity index (χ3v) is 2.83. The van der Waals surface area contributed by atoms with E-state index < -0.39 is 0 Å². The monoisotopic (exact) mass is 224 g/mol. The summed E-state index contributed by atoms with van der Waals surface area (Å²) in [5.41, 5.74) is 0. The van der Waals surface area contributed by atoms with E-state index in [0.29, 0.717) is 24.8 Å². The molecule has 3 heteroatoms. The molecule has 1 saturated heterocycles. The molecule has 0 aromatic rings. The number of hydrogen-bond acceptors (Lipinski definition) is 3. The van der Waals surface area contributed by atoms with E-state index in [4.69, 9.17) is 11.2 Å². The van der Waals surface area contributed by atoms with Crippen LogP contribution in [0.2, 0.25) is 0 Å². The molecule has 16 heavy (non-hydrogen) atoms. The smallest absolute Gasteiger partial charge is 0.0707 e. The Morgan fingerprint density at radius 2 is 2.12 bits per heavy atom. The van der Waals surface area contributed by atoms with Crippen LogP contribution in [-0.4, -0.2) is 49.8 Å². The lowest BCUT2D eigenvalue weighted by Gasteiger charge is -2.20. The Labute approximate surface area is 99.5 Å². The van der Waals surface area contributed by atoms with Gasteiger partial charge >= 0.3 is 0 Å². The van der Waals surface area contributed by atoms with E-state index in [9.17, 15) is 0 Å². The van der Waals surface area contributed by atoms with Gasteiger partial charge < -0.3 is 10.1 Å². The van der Waals surface area contributed by atoms with Crippen LogP contribution in [0, 0.1) is 12.3 Å². The van der Waals surface area contributed by atoms with Gasteiger partial charge in [0.15, 0.2) is 0 Å². The van der Waals surface area contributed by atoms with Gasteiger partial charge in [-0.3, -0.25) is 4.90 Å². The molecule has 0 bridgehead atoms. The van der Waals surface area contributed by atoms with Crippen LogP contribution in [0.1, 0.15) is 26.7 Å². The van der Waals surface area contributed by atoms with Crippen molar-refractivity contribution < 1.29 is 4.74 Å². The summed E-state index contributed by atoms with van der Waals surface area (Å²) in [4.78, 5) is 2.14. The van der Waals surface area contributed by atoms with E-state index in [-0.39, 0.29) is 0 Å². The predicted molar refractivity (Wildman–Crippen MR) is 67.4 cm³/mol. The highest BCUT2D eigenvalue weighted by molar-refractivity contribution is 4.88. The Bertz CT molecular complexity index is 235. The maximum atomic E-state index is 5.96. The first-order valence-corrected chi connectivity index (χ1v) is 6.12. The Morgan fingerprint density at radius 3 is 2.75 bits per heavy atom. The van der Waals surface area contributed by atoms with E-state index in [1.165, 1.54) is 0 Å². The van der Waals surface area contributed by atoms with Crippen LogP contribution in [0.15, 0.2) is 0 Å². The van der Waals surface area contributed by atoms with E-state index in [1.807, 2.05) is 7.05 Å². The third kappa shape index (κ3) is 4.98. The summed E-state index contributed by atoms with van der Waals surface area (Å²) < 4.78 is 5.96. The maximum absolute atomic E-state index is 5.96. The molecule has 1 rings (SSSR count). The molecule has 1 heterocycles. The van der Waals surface area contributed by atoms with Crippen molar-refractivity contribution in [3.63, 3.8) is 0 Å². The topological polar surface area (TPSA) is 24.5 Å². The average Bonchev–Trinajstić information content (AvgIpc) is 2.63. The molecular weight excluding hydrogens is 200 g/mol. The summed E-state index contributed by atoms with van der Waals surface area (Å²) in [6.45, 7) is 6.93. The zero-order valence-electron chi connectivity index (χ0n) is 10.7. The van der Waals surface area contributed by atoms with Gasteiger partial charge in [0.05, 0.1) is 18.8 Å². The summed E-state index contributed by atoms with van der Waals surface area (Å²) in [7, 11) is 2.04. The highest BCUT2D eigenvalue weighted by atomic mass is 16.5. The molecule has 0 aromatic carbocycles. The highest BCUT2D eigenvalue weighted by Gasteiger charge is 2.25. The highest BCUT2D eigenvalue weighted by Crippen LogP contribution is 2.19. The van der Waals surface area contributed by atoms with Gasteiger partial charge in [0.2, 0.25) is 0 Å². The fourth-order valence-corrected chi connectivity index (χ4v) is 2.00. The molecule has 1 N–H and O–H groups in total. The number of terminal acetylenes is 1. The van der Waals surface area contributed by atoms with Gasteiger partial charge in [0.25, 0.3) is 0 Å². The molecule has 2 atom stereocenters. The van der Waals surface area contributed by atoms with E-state index in [0.717, 1.165) is 25.9 Å². The molecule has 3 nitrogen and oxygen atoms in total. The molecule has 2 unspecified atom stereocenters. The van der Waals surface area contributed by atoms with Gasteiger partial charge in [-0.25, -0.2) is 0 Å². The standard InChI is InChI=1S/C13H24N2O/c1-5-8-15(4)10-13-7-6-12(16-13)9-14-11(2)3/h1,11-14H,6-10H2,2-4H3. The SMILES string of the molecule is C#CCN(C)CC1CCC(CNC(C)C)O1. The zero-order valence-corrected chi connectivity index (χ0v) is 10.7. The second-order valence-corrected chi connectivity index (χ2v) is 4.92. The number of nitrogens with zero attached hydrogens (tertiary/aromatic N) is 1. The summed E-state index contributed by atoms with van der Waals surface area (Å²) in [5.74, 6) is 2.65. The minimum absolute atomic E-state index is 0.359. The van der Waals surface area contributed by atoms with Gasteiger partial charge in [-0.2, -0.15) is 0 Å². The van der Waals surface area contributed by atoms with Crippen molar-refractivity contribution in [3.05, 3.63) is 0 Å². The Balaban J connectivity index is 2.17. The van der Waals surface area contributed by atoms with Crippen LogP contribution >= 0.6 is 0 Å². The maximum Gasteiger partial charge on any atom is 0.0707 e. The first-order valence-electron chi connectivity index (χ1n) is 6.12.